The highest BCUT2D eigenvalue weighted by atomic mass is 32.2. The first-order valence-corrected chi connectivity index (χ1v) is 11.2. The van der Waals surface area contributed by atoms with Gasteiger partial charge in [0, 0.05) is 12.2 Å². The number of nitrogens with one attached hydrogen (secondary N) is 1. The third-order valence-corrected chi connectivity index (χ3v) is 7.03. The van der Waals surface area contributed by atoms with Crippen molar-refractivity contribution in [3.8, 4) is 11.5 Å². The summed E-state index contributed by atoms with van der Waals surface area (Å²) in [6, 6.07) is 6.12. The molecule has 2 atom stereocenters. The standard InChI is InChI=1S/C22H29N3O4S/c1-13-19-20(14-6-7-16(27-4)17(10-14)28-5)30-12-18(26)23-21(19)25(24-13)15-8-9-29-22(2,3)11-15/h6-7,10,15,20H,8-9,11-12H2,1-5H3,(H,23,26)/t15-,20-/m1/s1. The highest BCUT2D eigenvalue weighted by Crippen LogP contribution is 2.46. The number of rotatable bonds is 4. The lowest BCUT2D eigenvalue weighted by molar-refractivity contribution is -0.113. The van der Waals surface area contributed by atoms with Crippen LogP contribution in [0.25, 0.3) is 0 Å². The van der Waals surface area contributed by atoms with E-state index < -0.39 is 0 Å². The number of aromatic nitrogens is 2. The van der Waals surface area contributed by atoms with E-state index in [4.69, 9.17) is 19.3 Å². The predicted octanol–water partition coefficient (Wildman–Crippen LogP) is 4.11. The van der Waals surface area contributed by atoms with Crippen molar-refractivity contribution in [1.29, 1.82) is 0 Å². The highest BCUT2D eigenvalue weighted by molar-refractivity contribution is 8.00. The number of carbonyl (C=O) groups excluding carboxylic acids is 1. The molecule has 0 saturated carbocycles. The molecule has 7 nitrogen and oxygen atoms in total. The zero-order valence-corrected chi connectivity index (χ0v) is 19.0. The van der Waals surface area contributed by atoms with Crippen LogP contribution in [0.4, 0.5) is 5.82 Å². The van der Waals surface area contributed by atoms with Gasteiger partial charge in [-0.1, -0.05) is 6.07 Å². The van der Waals surface area contributed by atoms with Crippen LogP contribution < -0.4 is 14.8 Å². The van der Waals surface area contributed by atoms with Gasteiger partial charge in [-0.05, 0) is 51.3 Å². The number of carbonyl (C=O) groups is 1. The molecule has 30 heavy (non-hydrogen) atoms. The monoisotopic (exact) mass is 431 g/mol. The molecular weight excluding hydrogens is 402 g/mol. The largest absolute Gasteiger partial charge is 0.493 e. The van der Waals surface area contributed by atoms with Crippen molar-refractivity contribution in [1.82, 2.24) is 9.78 Å². The fraction of sp³-hybridized carbons (Fsp3) is 0.545. The minimum Gasteiger partial charge on any atom is -0.493 e. The second-order valence-electron chi connectivity index (χ2n) is 8.40. The van der Waals surface area contributed by atoms with Crippen LogP contribution in [0, 0.1) is 6.92 Å². The van der Waals surface area contributed by atoms with E-state index in [1.807, 2.05) is 29.8 Å². The molecule has 3 heterocycles. The molecule has 1 aromatic heterocycles. The number of hydrogen-bond donors (Lipinski definition) is 1. The van der Waals surface area contributed by atoms with Crippen molar-refractivity contribution in [3.63, 3.8) is 0 Å². The maximum Gasteiger partial charge on any atom is 0.235 e. The average Bonchev–Trinajstić information content (AvgIpc) is 2.92. The fourth-order valence-corrected chi connectivity index (χ4v) is 5.54. The molecule has 0 unspecified atom stereocenters. The highest BCUT2D eigenvalue weighted by Gasteiger charge is 2.36. The molecule has 2 aromatic rings. The maximum atomic E-state index is 12.6. The van der Waals surface area contributed by atoms with Crippen LogP contribution in [0.1, 0.15) is 54.8 Å². The summed E-state index contributed by atoms with van der Waals surface area (Å²) >= 11 is 1.61. The van der Waals surface area contributed by atoms with Gasteiger partial charge in [-0.2, -0.15) is 5.10 Å². The van der Waals surface area contributed by atoms with Crippen molar-refractivity contribution < 1.29 is 19.0 Å². The van der Waals surface area contributed by atoms with Gasteiger partial charge in [-0.25, -0.2) is 4.68 Å². The van der Waals surface area contributed by atoms with E-state index >= 15 is 0 Å². The van der Waals surface area contributed by atoms with Gasteiger partial charge in [0.15, 0.2) is 11.5 Å². The third-order valence-electron chi connectivity index (χ3n) is 5.76. The Hall–Kier alpha value is -2.19. The van der Waals surface area contributed by atoms with Crippen molar-refractivity contribution in [2.75, 3.05) is 31.9 Å². The first kappa shape index (κ1) is 21.1. The first-order valence-electron chi connectivity index (χ1n) is 10.2. The van der Waals surface area contributed by atoms with Crippen LogP contribution in [0.5, 0.6) is 11.5 Å². The molecular formula is C22H29N3O4S. The Labute approximate surface area is 181 Å². The molecule has 0 radical (unpaired) electrons. The van der Waals surface area contributed by atoms with Gasteiger partial charge in [-0.15, -0.1) is 11.8 Å². The summed E-state index contributed by atoms with van der Waals surface area (Å²) in [6.45, 7) is 6.92. The number of ether oxygens (including phenoxy) is 3. The van der Waals surface area contributed by atoms with Gasteiger partial charge in [0.1, 0.15) is 5.82 Å². The van der Waals surface area contributed by atoms with Crippen molar-refractivity contribution in [3.05, 3.63) is 35.0 Å². The summed E-state index contributed by atoms with van der Waals surface area (Å²) in [5.74, 6) is 2.55. The number of fused-ring (bicyclic) bond motifs is 1. The Morgan fingerprint density at radius 1 is 1.27 bits per heavy atom. The Kier molecular flexibility index (Phi) is 5.72. The second-order valence-corrected chi connectivity index (χ2v) is 9.49. The van der Waals surface area contributed by atoms with Crippen LogP contribution >= 0.6 is 11.8 Å². The Morgan fingerprint density at radius 2 is 2.03 bits per heavy atom. The number of benzene rings is 1. The van der Waals surface area contributed by atoms with Gasteiger partial charge < -0.3 is 19.5 Å². The van der Waals surface area contributed by atoms with Crippen molar-refractivity contribution >= 4 is 23.5 Å². The van der Waals surface area contributed by atoms with Crippen LogP contribution in [-0.2, 0) is 9.53 Å². The summed E-state index contributed by atoms with van der Waals surface area (Å²) in [7, 11) is 3.26. The second kappa shape index (κ2) is 8.15. The van der Waals surface area contributed by atoms with Crippen LogP contribution in [0.2, 0.25) is 0 Å². The quantitative estimate of drug-likeness (QED) is 0.785. The number of methoxy groups -OCH3 is 2. The van der Waals surface area contributed by atoms with E-state index in [1.165, 1.54) is 0 Å². The number of hydrogen-bond acceptors (Lipinski definition) is 6. The normalized spacial score (nSPS) is 23.3. The van der Waals surface area contributed by atoms with Crippen LogP contribution in [-0.4, -0.2) is 47.9 Å². The number of amides is 1. The first-order chi connectivity index (χ1) is 14.3. The third kappa shape index (κ3) is 3.90. The van der Waals surface area contributed by atoms with Gasteiger partial charge in [0.05, 0.1) is 42.6 Å². The number of thioether (sulfide) groups is 1. The Balaban J connectivity index is 1.79. The topological polar surface area (TPSA) is 74.6 Å². The van der Waals surface area contributed by atoms with Gasteiger partial charge in [0.2, 0.25) is 5.91 Å². The smallest absolute Gasteiger partial charge is 0.235 e. The van der Waals surface area contributed by atoms with E-state index in [0.29, 0.717) is 23.9 Å². The predicted molar refractivity (Wildman–Crippen MR) is 118 cm³/mol. The molecule has 0 spiro atoms. The zero-order chi connectivity index (χ0) is 21.5. The van der Waals surface area contributed by atoms with E-state index in [9.17, 15) is 4.79 Å². The van der Waals surface area contributed by atoms with Gasteiger partial charge >= 0.3 is 0 Å². The lowest BCUT2D eigenvalue weighted by atomic mass is 9.94. The molecule has 1 amide bonds. The van der Waals surface area contributed by atoms with Crippen LogP contribution in [0.3, 0.4) is 0 Å². The lowest BCUT2D eigenvalue weighted by Crippen LogP contribution is -2.36. The molecule has 2 aliphatic heterocycles. The average molecular weight is 432 g/mol. The molecule has 2 aliphatic rings. The van der Waals surface area contributed by atoms with E-state index in [1.54, 1.807) is 26.0 Å². The summed E-state index contributed by atoms with van der Waals surface area (Å²) in [5.41, 5.74) is 2.85. The van der Waals surface area contributed by atoms with Gasteiger partial charge in [-0.3, -0.25) is 4.79 Å². The van der Waals surface area contributed by atoms with E-state index in [0.717, 1.165) is 35.5 Å². The lowest BCUT2D eigenvalue weighted by Gasteiger charge is -2.36. The van der Waals surface area contributed by atoms with Crippen molar-refractivity contribution in [2.24, 2.45) is 0 Å². The molecule has 0 bridgehead atoms. The van der Waals surface area contributed by atoms with Crippen LogP contribution in [0.15, 0.2) is 18.2 Å². The fourth-order valence-electron chi connectivity index (χ4n) is 4.36. The molecule has 4 rings (SSSR count). The maximum absolute atomic E-state index is 12.6. The Bertz CT molecular complexity index is 956. The molecule has 1 saturated heterocycles. The molecule has 1 aromatic carbocycles. The molecule has 1 fully saturated rings. The number of anilines is 1. The van der Waals surface area contributed by atoms with E-state index in [2.05, 4.69) is 19.2 Å². The molecule has 1 N–H and O–H groups in total. The van der Waals surface area contributed by atoms with Gasteiger partial charge in [0.25, 0.3) is 0 Å². The molecule has 162 valence electrons. The molecule has 0 aliphatic carbocycles. The number of nitrogens with zero attached hydrogens (tertiary/aromatic N) is 2. The number of aryl methyl sites for hydroxylation is 1. The zero-order valence-electron chi connectivity index (χ0n) is 18.2. The summed E-state index contributed by atoms with van der Waals surface area (Å²) in [6.07, 6.45) is 1.73. The minimum absolute atomic E-state index is 0.00306. The minimum atomic E-state index is -0.206. The summed E-state index contributed by atoms with van der Waals surface area (Å²) < 4.78 is 18.8. The summed E-state index contributed by atoms with van der Waals surface area (Å²) in [5, 5.41) is 7.99. The Morgan fingerprint density at radius 3 is 2.73 bits per heavy atom. The van der Waals surface area contributed by atoms with Crippen molar-refractivity contribution in [2.45, 2.75) is 50.5 Å². The molecule has 8 heteroatoms. The summed E-state index contributed by atoms with van der Waals surface area (Å²) in [4.78, 5) is 12.6. The van der Waals surface area contributed by atoms with E-state index in [-0.39, 0.29) is 22.8 Å². The SMILES string of the molecule is COc1ccc([C@H]2SCC(=O)Nc3c2c(C)nn3[C@@H]2CCOC(C)(C)C2)cc1OC.